The third-order valence-electron chi connectivity index (χ3n) is 4.95. The lowest BCUT2D eigenvalue weighted by atomic mass is 10.1. The molecule has 1 N–H and O–H groups in total. The number of benzene rings is 3. The molecule has 156 valence electrons. The van der Waals surface area contributed by atoms with E-state index in [0.29, 0.717) is 10.8 Å². The van der Waals surface area contributed by atoms with E-state index in [-0.39, 0.29) is 11.7 Å². The highest BCUT2D eigenvalue weighted by Gasteiger charge is 2.20. The molecule has 4 rings (SSSR count). The fourth-order valence-corrected chi connectivity index (χ4v) is 3.40. The molecule has 7 heteroatoms. The number of anilines is 1. The molecule has 1 aromatic heterocycles. The summed E-state index contributed by atoms with van der Waals surface area (Å²) in [4.78, 5) is 17.6. The molecule has 4 aromatic rings. The van der Waals surface area contributed by atoms with Crippen molar-refractivity contribution in [2.45, 2.75) is 13.8 Å². The van der Waals surface area contributed by atoms with Crippen molar-refractivity contribution in [3.05, 3.63) is 88.7 Å². The van der Waals surface area contributed by atoms with Gasteiger partial charge in [0.2, 0.25) is 5.82 Å². The number of hydrogen-bond donors (Lipinski definition) is 1. The summed E-state index contributed by atoms with van der Waals surface area (Å²) >= 11 is 6.04. The highest BCUT2D eigenvalue weighted by atomic mass is 35.5. The quantitative estimate of drug-likeness (QED) is 0.454. The summed E-state index contributed by atoms with van der Waals surface area (Å²) < 4.78 is 6.88. The lowest BCUT2D eigenvalue weighted by Crippen LogP contribution is -2.16. The number of rotatable bonds is 5. The standard InChI is InChI=1S/C24H21ClN4O2/c1-15-5-4-6-16(2)21(15)26-24(30)22-27-23(17-7-13-20(31-3)14-8-17)29(28-22)19-11-9-18(25)10-12-19/h4-14H,1-3H3,(H,26,30). The molecule has 3 aromatic carbocycles. The van der Waals surface area contributed by atoms with Crippen LogP contribution < -0.4 is 10.1 Å². The van der Waals surface area contributed by atoms with E-state index < -0.39 is 0 Å². The lowest BCUT2D eigenvalue weighted by molar-refractivity contribution is 0.101. The average Bonchev–Trinajstić information content (AvgIpc) is 3.22. The summed E-state index contributed by atoms with van der Waals surface area (Å²) in [7, 11) is 1.61. The largest absolute Gasteiger partial charge is 0.497 e. The minimum atomic E-state index is -0.375. The highest BCUT2D eigenvalue weighted by Crippen LogP contribution is 2.25. The molecule has 0 atom stereocenters. The number of halogens is 1. The second kappa shape index (κ2) is 8.62. The first-order valence-electron chi connectivity index (χ1n) is 9.71. The summed E-state index contributed by atoms with van der Waals surface area (Å²) in [6.45, 7) is 3.90. The van der Waals surface area contributed by atoms with E-state index in [0.717, 1.165) is 33.8 Å². The second-order valence-corrected chi connectivity index (χ2v) is 7.53. The number of nitrogens with zero attached hydrogens (tertiary/aromatic N) is 3. The maximum Gasteiger partial charge on any atom is 0.295 e. The normalized spacial score (nSPS) is 10.7. The Morgan fingerprint density at radius 3 is 2.23 bits per heavy atom. The Bertz CT molecular complexity index is 1210. The van der Waals surface area contributed by atoms with Crippen molar-refractivity contribution < 1.29 is 9.53 Å². The minimum absolute atomic E-state index is 0.0726. The molecule has 0 aliphatic heterocycles. The van der Waals surface area contributed by atoms with Crippen LogP contribution in [0, 0.1) is 13.8 Å². The van der Waals surface area contributed by atoms with Gasteiger partial charge in [-0.2, -0.15) is 0 Å². The number of ether oxygens (including phenoxy) is 1. The summed E-state index contributed by atoms with van der Waals surface area (Å²) in [6.07, 6.45) is 0. The van der Waals surface area contributed by atoms with Crippen molar-refractivity contribution in [2.75, 3.05) is 12.4 Å². The number of carbonyl (C=O) groups excluding carboxylic acids is 1. The van der Waals surface area contributed by atoms with Gasteiger partial charge in [0.05, 0.1) is 12.8 Å². The van der Waals surface area contributed by atoms with Crippen LogP contribution in [0.4, 0.5) is 5.69 Å². The molecule has 0 unspecified atom stereocenters. The number of amides is 1. The summed E-state index contributed by atoms with van der Waals surface area (Å²) in [5, 5.41) is 8.06. The highest BCUT2D eigenvalue weighted by molar-refractivity contribution is 6.30. The maximum atomic E-state index is 13.0. The van der Waals surface area contributed by atoms with Crippen LogP contribution >= 0.6 is 11.6 Å². The van der Waals surface area contributed by atoms with E-state index in [4.69, 9.17) is 16.3 Å². The molecule has 1 heterocycles. The zero-order valence-corrected chi connectivity index (χ0v) is 18.1. The van der Waals surface area contributed by atoms with Crippen LogP contribution in [-0.4, -0.2) is 27.8 Å². The van der Waals surface area contributed by atoms with E-state index in [1.807, 2.05) is 68.4 Å². The van der Waals surface area contributed by atoms with Crippen LogP contribution in [-0.2, 0) is 0 Å². The van der Waals surface area contributed by atoms with Gasteiger partial charge >= 0.3 is 0 Å². The number of carbonyl (C=O) groups is 1. The number of nitrogens with one attached hydrogen (secondary N) is 1. The van der Waals surface area contributed by atoms with E-state index in [2.05, 4.69) is 15.4 Å². The Kier molecular flexibility index (Phi) is 5.73. The van der Waals surface area contributed by atoms with Crippen LogP contribution in [0.2, 0.25) is 5.02 Å². The molecule has 0 saturated heterocycles. The molecule has 0 aliphatic carbocycles. The molecule has 0 radical (unpaired) electrons. The first kappa shape index (κ1) is 20.6. The van der Waals surface area contributed by atoms with E-state index in [9.17, 15) is 4.79 Å². The number of para-hydroxylation sites is 1. The molecular formula is C24H21ClN4O2. The third-order valence-corrected chi connectivity index (χ3v) is 5.20. The number of aryl methyl sites for hydroxylation is 2. The van der Waals surface area contributed by atoms with Gasteiger partial charge in [-0.15, -0.1) is 5.10 Å². The maximum absolute atomic E-state index is 13.0. The van der Waals surface area contributed by atoms with Gasteiger partial charge in [-0.25, -0.2) is 9.67 Å². The van der Waals surface area contributed by atoms with Crippen molar-refractivity contribution in [1.29, 1.82) is 0 Å². The molecular weight excluding hydrogens is 412 g/mol. The predicted octanol–water partition coefficient (Wildman–Crippen LogP) is 5.47. The fraction of sp³-hybridized carbons (Fsp3) is 0.125. The Hall–Kier alpha value is -3.64. The van der Waals surface area contributed by atoms with Gasteiger partial charge in [-0.05, 0) is 73.5 Å². The predicted molar refractivity (Wildman–Crippen MR) is 122 cm³/mol. The van der Waals surface area contributed by atoms with Crippen molar-refractivity contribution in [2.24, 2.45) is 0 Å². The molecule has 6 nitrogen and oxygen atoms in total. The van der Waals surface area contributed by atoms with Gasteiger partial charge in [0.1, 0.15) is 5.75 Å². The van der Waals surface area contributed by atoms with Crippen molar-refractivity contribution in [3.63, 3.8) is 0 Å². The van der Waals surface area contributed by atoms with Crippen LogP contribution in [0.25, 0.3) is 17.1 Å². The van der Waals surface area contributed by atoms with Crippen molar-refractivity contribution >= 4 is 23.2 Å². The molecule has 0 saturated carbocycles. The molecule has 0 fully saturated rings. The minimum Gasteiger partial charge on any atom is -0.497 e. The van der Waals surface area contributed by atoms with Crippen molar-refractivity contribution in [1.82, 2.24) is 14.8 Å². The summed E-state index contributed by atoms with van der Waals surface area (Å²) in [5.74, 6) is 0.967. The van der Waals surface area contributed by atoms with Crippen molar-refractivity contribution in [3.8, 4) is 22.8 Å². The molecule has 31 heavy (non-hydrogen) atoms. The lowest BCUT2D eigenvalue weighted by Gasteiger charge is -2.09. The van der Waals surface area contributed by atoms with Gasteiger partial charge in [-0.3, -0.25) is 4.79 Å². The fourth-order valence-electron chi connectivity index (χ4n) is 3.28. The van der Waals surface area contributed by atoms with Crippen LogP contribution in [0.5, 0.6) is 5.75 Å². The summed E-state index contributed by atoms with van der Waals surface area (Å²) in [5.41, 5.74) is 4.26. The first-order valence-corrected chi connectivity index (χ1v) is 10.1. The van der Waals surface area contributed by atoms with Crippen LogP contribution in [0.3, 0.4) is 0 Å². The van der Waals surface area contributed by atoms with Gasteiger partial charge in [0.25, 0.3) is 5.91 Å². The second-order valence-electron chi connectivity index (χ2n) is 7.10. The Balaban J connectivity index is 1.76. The smallest absolute Gasteiger partial charge is 0.295 e. The molecule has 0 aliphatic rings. The van der Waals surface area contributed by atoms with Gasteiger partial charge in [0.15, 0.2) is 5.82 Å². The molecule has 1 amide bonds. The zero-order valence-electron chi connectivity index (χ0n) is 17.4. The van der Waals surface area contributed by atoms with E-state index in [1.165, 1.54) is 0 Å². The number of aromatic nitrogens is 3. The van der Waals surface area contributed by atoms with E-state index in [1.54, 1.807) is 23.9 Å². The van der Waals surface area contributed by atoms with E-state index >= 15 is 0 Å². The van der Waals surface area contributed by atoms with Gasteiger partial charge in [-0.1, -0.05) is 29.8 Å². The van der Waals surface area contributed by atoms with Gasteiger partial charge in [0, 0.05) is 16.3 Å². The SMILES string of the molecule is COc1ccc(-c2nc(C(=O)Nc3c(C)cccc3C)nn2-c2ccc(Cl)cc2)cc1. The Labute approximate surface area is 185 Å². The molecule has 0 spiro atoms. The Morgan fingerprint density at radius 2 is 1.61 bits per heavy atom. The number of methoxy groups -OCH3 is 1. The third kappa shape index (κ3) is 4.29. The zero-order chi connectivity index (χ0) is 22.0. The average molecular weight is 433 g/mol. The van der Waals surface area contributed by atoms with Crippen LogP contribution in [0.1, 0.15) is 21.7 Å². The van der Waals surface area contributed by atoms with Gasteiger partial charge < -0.3 is 10.1 Å². The molecule has 0 bridgehead atoms. The first-order chi connectivity index (χ1) is 15.0. The Morgan fingerprint density at radius 1 is 0.968 bits per heavy atom. The topological polar surface area (TPSA) is 69.0 Å². The number of hydrogen-bond acceptors (Lipinski definition) is 4. The summed E-state index contributed by atoms with van der Waals surface area (Å²) in [6, 6.07) is 20.5. The van der Waals surface area contributed by atoms with Crippen LogP contribution in [0.15, 0.2) is 66.7 Å². The monoisotopic (exact) mass is 432 g/mol.